The third kappa shape index (κ3) is 4.29. The van der Waals surface area contributed by atoms with Gasteiger partial charge in [0, 0.05) is 5.56 Å². The highest BCUT2D eigenvalue weighted by Gasteiger charge is 2.17. The molecule has 3 N–H and O–H groups in total. The summed E-state index contributed by atoms with van der Waals surface area (Å²) in [5.74, 6) is -2.05. The Balaban J connectivity index is 0.00000272. The Kier molecular flexibility index (Phi) is 6.41. The number of carbonyl (C=O) groups is 2. The average molecular weight is 482 g/mol. The summed E-state index contributed by atoms with van der Waals surface area (Å²) in [6.07, 6.45) is 0. The predicted octanol–water partition coefficient (Wildman–Crippen LogP) is 3.84. The lowest BCUT2D eigenvalue weighted by Crippen LogP contribution is -2.27. The summed E-state index contributed by atoms with van der Waals surface area (Å²) in [6, 6.07) is 21.0. The predicted molar refractivity (Wildman–Crippen MR) is 121 cm³/mol. The number of imidazole rings is 1. The lowest BCUT2D eigenvalue weighted by Gasteiger charge is -2.07. The number of ketones is 1. The van der Waals surface area contributed by atoms with Crippen LogP contribution < -0.4 is 5.62 Å². The van der Waals surface area contributed by atoms with E-state index in [1.54, 1.807) is 4.57 Å². The number of para-hydroxylation sites is 2. The summed E-state index contributed by atoms with van der Waals surface area (Å²) in [4.78, 5) is 24.1. The van der Waals surface area contributed by atoms with Gasteiger partial charge in [-0.05, 0) is 35.9 Å². The van der Waals surface area contributed by atoms with Gasteiger partial charge in [0.25, 0.3) is 0 Å². The molecule has 4 aromatic rings. The van der Waals surface area contributed by atoms with Gasteiger partial charge in [-0.2, -0.15) is 0 Å². The highest BCUT2D eigenvalue weighted by molar-refractivity contribution is 8.93. The number of hydrogen-bond donors (Lipinski definition) is 3. The van der Waals surface area contributed by atoms with E-state index in [1.165, 1.54) is 12.1 Å². The molecule has 0 amide bonds. The van der Waals surface area contributed by atoms with E-state index >= 15 is 0 Å². The van der Waals surface area contributed by atoms with Gasteiger partial charge < -0.3 is 19.3 Å². The second-order valence-corrected chi connectivity index (χ2v) is 6.93. The van der Waals surface area contributed by atoms with Crippen LogP contribution in [-0.2, 0) is 13.1 Å². The summed E-state index contributed by atoms with van der Waals surface area (Å²) >= 11 is 0. The van der Waals surface area contributed by atoms with Crippen molar-refractivity contribution in [2.75, 3.05) is 0 Å². The molecule has 0 fully saturated rings. The first-order valence-electron chi connectivity index (χ1n) is 9.32. The average Bonchev–Trinajstić information content (AvgIpc) is 3.00. The molecule has 0 aliphatic heterocycles. The quantitative estimate of drug-likeness (QED) is 0.363. The molecule has 4 rings (SSSR count). The summed E-state index contributed by atoms with van der Waals surface area (Å²) in [5, 5.41) is 27.5. The maximum absolute atomic E-state index is 12.9. The molecule has 1 heterocycles. The number of carbonyl (C=O) groups excluding carboxylic acids is 1. The number of hydrogen-bond acceptors (Lipinski definition) is 4. The number of rotatable bonds is 6. The molecule has 0 aliphatic carbocycles. The lowest BCUT2D eigenvalue weighted by molar-refractivity contribution is 0.0693. The minimum Gasteiger partial charge on any atom is -0.507 e. The zero-order valence-electron chi connectivity index (χ0n) is 16.4. The zero-order chi connectivity index (χ0) is 21.3. The fraction of sp³-hybridized carbons (Fsp3) is 0.0870. The van der Waals surface area contributed by atoms with E-state index in [0.717, 1.165) is 22.7 Å². The fourth-order valence-corrected chi connectivity index (χ4v) is 3.50. The van der Waals surface area contributed by atoms with E-state index in [2.05, 4.69) is 0 Å². The summed E-state index contributed by atoms with van der Waals surface area (Å²) in [6.45, 7) is 0.370. The number of aromatic hydroxyl groups is 1. The van der Waals surface area contributed by atoms with Crippen LogP contribution in [0.25, 0.3) is 11.0 Å². The molecule has 31 heavy (non-hydrogen) atoms. The first-order chi connectivity index (χ1) is 14.5. The van der Waals surface area contributed by atoms with Crippen molar-refractivity contribution in [3.05, 3.63) is 95.1 Å². The normalized spacial score (nSPS) is 10.6. The van der Waals surface area contributed by atoms with E-state index < -0.39 is 11.7 Å². The number of halogens is 1. The van der Waals surface area contributed by atoms with E-state index in [0.29, 0.717) is 6.54 Å². The van der Waals surface area contributed by atoms with Gasteiger partial charge in [0.1, 0.15) is 11.3 Å². The van der Waals surface area contributed by atoms with Crippen molar-refractivity contribution in [1.82, 2.24) is 9.13 Å². The molecule has 0 bridgehead atoms. The first-order valence-corrected chi connectivity index (χ1v) is 9.32. The Morgan fingerprint density at radius 1 is 0.871 bits per heavy atom. The highest BCUT2D eigenvalue weighted by Crippen LogP contribution is 2.20. The van der Waals surface area contributed by atoms with Crippen molar-refractivity contribution in [2.45, 2.75) is 13.1 Å². The number of nitrogens with zero attached hydrogens (tertiary/aromatic N) is 2. The van der Waals surface area contributed by atoms with Crippen LogP contribution in [0.4, 0.5) is 0 Å². The van der Waals surface area contributed by atoms with Gasteiger partial charge in [-0.25, -0.2) is 4.79 Å². The summed E-state index contributed by atoms with van der Waals surface area (Å²) < 4.78 is 3.44. The van der Waals surface area contributed by atoms with Crippen LogP contribution in [0.2, 0.25) is 0 Å². The summed E-state index contributed by atoms with van der Waals surface area (Å²) in [7, 11) is 0. The Morgan fingerprint density at radius 2 is 1.48 bits per heavy atom. The number of fused-ring (bicyclic) bond motifs is 1. The molecular weight excluding hydrogens is 462 g/mol. The SMILES string of the molecule is Br.N=c1n(CC(=O)c2ccc(O)c(C(=O)O)c2)c2ccccc2n1Cc1ccccc1. The van der Waals surface area contributed by atoms with Gasteiger partial charge in [-0.15, -0.1) is 17.0 Å². The Morgan fingerprint density at radius 3 is 2.13 bits per heavy atom. The second kappa shape index (κ2) is 9.01. The van der Waals surface area contributed by atoms with Gasteiger partial charge in [0.2, 0.25) is 5.62 Å². The monoisotopic (exact) mass is 481 g/mol. The van der Waals surface area contributed by atoms with Crippen molar-refractivity contribution in [1.29, 1.82) is 5.41 Å². The van der Waals surface area contributed by atoms with Crippen LogP contribution in [0, 0.1) is 5.41 Å². The smallest absolute Gasteiger partial charge is 0.339 e. The van der Waals surface area contributed by atoms with Crippen LogP contribution in [0.1, 0.15) is 26.3 Å². The van der Waals surface area contributed by atoms with E-state index in [9.17, 15) is 19.8 Å². The van der Waals surface area contributed by atoms with Crippen LogP contribution in [0.15, 0.2) is 72.8 Å². The van der Waals surface area contributed by atoms with Gasteiger partial charge in [0.05, 0.1) is 24.1 Å². The molecule has 7 nitrogen and oxygen atoms in total. The maximum atomic E-state index is 12.9. The van der Waals surface area contributed by atoms with Crippen LogP contribution in [0.3, 0.4) is 0 Å². The number of Topliss-reactive ketones (excluding diaryl/α,β-unsaturated/α-hetero) is 1. The lowest BCUT2D eigenvalue weighted by atomic mass is 10.1. The molecular formula is C23H20BrN3O4. The van der Waals surface area contributed by atoms with Crippen molar-refractivity contribution >= 4 is 39.8 Å². The Bertz CT molecular complexity index is 1330. The van der Waals surface area contributed by atoms with Crippen LogP contribution in [-0.4, -0.2) is 31.1 Å². The molecule has 0 aliphatic rings. The number of aromatic nitrogens is 2. The molecule has 1 aromatic heterocycles. The van der Waals surface area contributed by atoms with Gasteiger partial charge >= 0.3 is 5.97 Å². The topological polar surface area (TPSA) is 108 Å². The first kappa shape index (κ1) is 22.0. The highest BCUT2D eigenvalue weighted by atomic mass is 79.9. The largest absolute Gasteiger partial charge is 0.507 e. The van der Waals surface area contributed by atoms with Gasteiger partial charge in [-0.3, -0.25) is 10.2 Å². The molecule has 8 heteroatoms. The van der Waals surface area contributed by atoms with Crippen molar-refractivity contribution < 1.29 is 19.8 Å². The van der Waals surface area contributed by atoms with Crippen LogP contribution in [0.5, 0.6) is 5.75 Å². The third-order valence-electron chi connectivity index (χ3n) is 5.01. The van der Waals surface area contributed by atoms with E-state index in [1.807, 2.05) is 59.2 Å². The van der Waals surface area contributed by atoms with E-state index in [-0.39, 0.29) is 46.1 Å². The molecule has 0 radical (unpaired) electrons. The van der Waals surface area contributed by atoms with Gasteiger partial charge in [-0.1, -0.05) is 42.5 Å². The Hall–Kier alpha value is -3.65. The number of carboxylic acids is 1. The minimum absolute atomic E-state index is 0. The minimum atomic E-state index is -1.31. The van der Waals surface area contributed by atoms with Crippen molar-refractivity contribution in [2.24, 2.45) is 0 Å². The van der Waals surface area contributed by atoms with E-state index in [4.69, 9.17) is 5.41 Å². The number of benzene rings is 3. The van der Waals surface area contributed by atoms with Gasteiger partial charge in [0.15, 0.2) is 5.78 Å². The molecule has 0 spiro atoms. The zero-order valence-corrected chi connectivity index (χ0v) is 18.1. The molecule has 3 aromatic carbocycles. The number of aromatic carboxylic acids is 1. The second-order valence-electron chi connectivity index (χ2n) is 6.93. The van der Waals surface area contributed by atoms with Crippen LogP contribution >= 0.6 is 17.0 Å². The number of nitrogens with one attached hydrogen (secondary N) is 1. The Labute approximate surface area is 188 Å². The molecule has 0 saturated carbocycles. The molecule has 158 valence electrons. The maximum Gasteiger partial charge on any atom is 0.339 e. The molecule has 0 atom stereocenters. The van der Waals surface area contributed by atoms with Crippen molar-refractivity contribution in [3.63, 3.8) is 0 Å². The molecule has 0 unspecified atom stereocenters. The third-order valence-corrected chi connectivity index (χ3v) is 5.01. The summed E-state index contributed by atoms with van der Waals surface area (Å²) in [5.41, 5.74) is 2.61. The fourth-order valence-electron chi connectivity index (χ4n) is 3.50. The molecule has 0 saturated heterocycles. The number of phenols is 1. The standard InChI is InChI=1S/C23H19N3O4.BrH/c24-23-25(13-15-6-2-1-3-7-15)18-8-4-5-9-19(18)26(23)14-21(28)16-10-11-20(27)17(12-16)22(29)30;/h1-12,24,27H,13-14H2,(H,29,30);1H. The number of carboxylic acid groups (broad SMARTS) is 1. The van der Waals surface area contributed by atoms with Crippen molar-refractivity contribution in [3.8, 4) is 5.75 Å².